The van der Waals surface area contributed by atoms with Crippen LogP contribution < -0.4 is 4.90 Å². The lowest BCUT2D eigenvalue weighted by Gasteiger charge is -2.17. The van der Waals surface area contributed by atoms with Crippen LogP contribution in [0.25, 0.3) is 0 Å². The zero-order valence-corrected chi connectivity index (χ0v) is 11.5. The first-order chi connectivity index (χ1) is 10.1. The average Bonchev–Trinajstić information content (AvgIpc) is 2.53. The second-order valence-corrected chi connectivity index (χ2v) is 4.45. The van der Waals surface area contributed by atoms with Crippen LogP contribution in [0.15, 0.2) is 54.6 Å². The molecule has 0 radical (unpaired) electrons. The molecule has 2 aromatic rings. The first kappa shape index (κ1) is 14.6. The molecule has 0 heterocycles. The van der Waals surface area contributed by atoms with Gasteiger partial charge in [-0.25, -0.2) is 9.59 Å². The monoisotopic (exact) mass is 285 g/mol. The molecule has 0 unspecified atom stereocenters. The molecule has 0 aliphatic carbocycles. The average molecular weight is 285 g/mol. The van der Waals surface area contributed by atoms with Crippen molar-refractivity contribution >= 4 is 17.7 Å². The number of hydrogen-bond donors (Lipinski definition) is 1. The van der Waals surface area contributed by atoms with E-state index in [9.17, 15) is 9.59 Å². The number of carboxylic acid groups (broad SMARTS) is 1. The Morgan fingerprint density at radius 2 is 1.81 bits per heavy atom. The smallest absolute Gasteiger partial charge is 0.414 e. The highest BCUT2D eigenvalue weighted by atomic mass is 16.6. The molecule has 0 aliphatic heterocycles. The maximum Gasteiger partial charge on any atom is 0.414 e. The summed E-state index contributed by atoms with van der Waals surface area (Å²) < 4.78 is 5.18. The second kappa shape index (κ2) is 6.56. The molecule has 0 fully saturated rings. The summed E-state index contributed by atoms with van der Waals surface area (Å²) in [5, 5.41) is 8.95. The van der Waals surface area contributed by atoms with Crippen LogP contribution in [-0.4, -0.2) is 24.2 Å². The fourth-order valence-corrected chi connectivity index (χ4v) is 1.77. The van der Waals surface area contributed by atoms with Gasteiger partial charge in [-0.2, -0.15) is 0 Å². The van der Waals surface area contributed by atoms with Gasteiger partial charge in [-0.3, -0.25) is 4.90 Å². The Kier molecular flexibility index (Phi) is 4.56. The van der Waals surface area contributed by atoms with Crippen LogP contribution >= 0.6 is 0 Å². The Balaban J connectivity index is 2.02. The quantitative estimate of drug-likeness (QED) is 0.937. The van der Waals surface area contributed by atoms with Crippen molar-refractivity contribution in [3.05, 3.63) is 65.7 Å². The molecule has 5 heteroatoms. The topological polar surface area (TPSA) is 66.8 Å². The van der Waals surface area contributed by atoms with Gasteiger partial charge >= 0.3 is 12.1 Å². The summed E-state index contributed by atoms with van der Waals surface area (Å²) in [5.41, 5.74) is 1.47. The van der Waals surface area contributed by atoms with Crippen molar-refractivity contribution in [3.63, 3.8) is 0 Å². The lowest BCUT2D eigenvalue weighted by atomic mass is 10.2. The predicted molar refractivity (Wildman–Crippen MR) is 78.4 cm³/mol. The van der Waals surface area contributed by atoms with Gasteiger partial charge in [0, 0.05) is 12.7 Å². The van der Waals surface area contributed by atoms with E-state index in [1.54, 1.807) is 12.1 Å². The number of amides is 1. The summed E-state index contributed by atoms with van der Waals surface area (Å²) in [7, 11) is 1.54. The van der Waals surface area contributed by atoms with E-state index < -0.39 is 12.1 Å². The Labute approximate surface area is 122 Å². The highest BCUT2D eigenvalue weighted by Crippen LogP contribution is 2.16. The lowest BCUT2D eigenvalue weighted by Crippen LogP contribution is -2.27. The number of benzene rings is 2. The largest absolute Gasteiger partial charge is 0.478 e. The molecule has 108 valence electrons. The van der Waals surface area contributed by atoms with E-state index in [1.807, 2.05) is 30.3 Å². The summed E-state index contributed by atoms with van der Waals surface area (Å²) >= 11 is 0. The van der Waals surface area contributed by atoms with Crippen LogP contribution in [0.4, 0.5) is 10.5 Å². The van der Waals surface area contributed by atoms with Crippen LogP contribution in [0.1, 0.15) is 15.9 Å². The van der Waals surface area contributed by atoms with Crippen molar-refractivity contribution in [3.8, 4) is 0 Å². The maximum absolute atomic E-state index is 12.0. The number of ether oxygens (including phenoxy) is 1. The summed E-state index contributed by atoms with van der Waals surface area (Å²) in [4.78, 5) is 24.1. The molecular formula is C16H15NO4. The van der Waals surface area contributed by atoms with Crippen molar-refractivity contribution < 1.29 is 19.4 Å². The van der Waals surface area contributed by atoms with Gasteiger partial charge in [0.25, 0.3) is 0 Å². The van der Waals surface area contributed by atoms with Crippen molar-refractivity contribution in [2.24, 2.45) is 0 Å². The van der Waals surface area contributed by atoms with E-state index in [4.69, 9.17) is 9.84 Å². The molecule has 0 saturated heterocycles. The highest BCUT2D eigenvalue weighted by molar-refractivity contribution is 5.92. The van der Waals surface area contributed by atoms with Gasteiger partial charge in [-0.05, 0) is 23.8 Å². The summed E-state index contributed by atoms with van der Waals surface area (Å²) in [5.74, 6) is -1.04. The molecule has 0 aliphatic rings. The lowest BCUT2D eigenvalue weighted by molar-refractivity contribution is 0.0696. The molecule has 0 atom stereocenters. The maximum atomic E-state index is 12.0. The second-order valence-electron chi connectivity index (χ2n) is 4.45. The van der Waals surface area contributed by atoms with Crippen LogP contribution in [0.2, 0.25) is 0 Å². The van der Waals surface area contributed by atoms with Crippen LogP contribution in [0, 0.1) is 0 Å². The van der Waals surface area contributed by atoms with Gasteiger partial charge in [-0.15, -0.1) is 0 Å². The SMILES string of the molecule is CN(C(=O)OCc1ccccc1)c1cccc(C(=O)O)c1. The van der Waals surface area contributed by atoms with Crippen LogP contribution in [-0.2, 0) is 11.3 Å². The minimum Gasteiger partial charge on any atom is -0.478 e. The zero-order chi connectivity index (χ0) is 15.2. The summed E-state index contributed by atoms with van der Waals surface area (Å²) in [6.07, 6.45) is -0.540. The Bertz CT molecular complexity index is 640. The van der Waals surface area contributed by atoms with E-state index in [1.165, 1.54) is 24.1 Å². The van der Waals surface area contributed by atoms with Crippen molar-refractivity contribution in [1.82, 2.24) is 0 Å². The number of rotatable bonds is 4. The van der Waals surface area contributed by atoms with E-state index in [2.05, 4.69) is 0 Å². The normalized spacial score (nSPS) is 9.95. The Hall–Kier alpha value is -2.82. The van der Waals surface area contributed by atoms with Crippen molar-refractivity contribution in [1.29, 1.82) is 0 Å². The molecule has 0 saturated carbocycles. The third-order valence-corrected chi connectivity index (χ3v) is 2.96. The molecule has 1 N–H and O–H groups in total. The number of carboxylic acids is 1. The Morgan fingerprint density at radius 3 is 2.48 bits per heavy atom. The third-order valence-electron chi connectivity index (χ3n) is 2.96. The predicted octanol–water partition coefficient (Wildman–Crippen LogP) is 3.16. The molecule has 1 amide bonds. The molecule has 0 spiro atoms. The van der Waals surface area contributed by atoms with Crippen LogP contribution in [0.5, 0.6) is 0 Å². The minimum atomic E-state index is -1.04. The van der Waals surface area contributed by atoms with Crippen molar-refractivity contribution in [2.45, 2.75) is 6.61 Å². The summed E-state index contributed by atoms with van der Waals surface area (Å²) in [6, 6.07) is 15.5. The van der Waals surface area contributed by atoms with Gasteiger partial charge in [0.15, 0.2) is 0 Å². The molecule has 21 heavy (non-hydrogen) atoms. The number of hydrogen-bond acceptors (Lipinski definition) is 3. The number of carbonyl (C=O) groups excluding carboxylic acids is 1. The third kappa shape index (κ3) is 3.82. The highest BCUT2D eigenvalue weighted by Gasteiger charge is 2.14. The van der Waals surface area contributed by atoms with Gasteiger partial charge in [0.2, 0.25) is 0 Å². The van der Waals surface area contributed by atoms with E-state index in [0.717, 1.165) is 5.56 Å². The number of carbonyl (C=O) groups is 2. The number of aromatic carboxylic acids is 1. The first-order valence-corrected chi connectivity index (χ1v) is 6.35. The molecule has 0 aromatic heterocycles. The summed E-state index contributed by atoms with van der Waals surface area (Å²) in [6.45, 7) is 0.169. The standard InChI is InChI=1S/C16H15NO4/c1-17(14-9-5-8-13(10-14)15(18)19)16(20)21-11-12-6-3-2-4-7-12/h2-10H,11H2,1H3,(H,18,19). The van der Waals surface area contributed by atoms with Crippen LogP contribution in [0.3, 0.4) is 0 Å². The van der Waals surface area contributed by atoms with E-state index >= 15 is 0 Å². The molecule has 0 bridgehead atoms. The van der Waals surface area contributed by atoms with E-state index in [0.29, 0.717) is 5.69 Å². The molecule has 2 aromatic carbocycles. The number of nitrogens with zero attached hydrogens (tertiary/aromatic N) is 1. The number of anilines is 1. The van der Waals surface area contributed by atoms with Gasteiger partial charge in [0.05, 0.1) is 5.56 Å². The molecule has 5 nitrogen and oxygen atoms in total. The minimum absolute atomic E-state index is 0.121. The van der Waals surface area contributed by atoms with Gasteiger partial charge < -0.3 is 9.84 Å². The molecular weight excluding hydrogens is 270 g/mol. The van der Waals surface area contributed by atoms with Gasteiger partial charge in [-0.1, -0.05) is 36.4 Å². The van der Waals surface area contributed by atoms with Crippen molar-refractivity contribution in [2.75, 3.05) is 11.9 Å². The van der Waals surface area contributed by atoms with Gasteiger partial charge in [0.1, 0.15) is 6.61 Å². The first-order valence-electron chi connectivity index (χ1n) is 6.35. The fraction of sp³-hybridized carbons (Fsp3) is 0.125. The zero-order valence-electron chi connectivity index (χ0n) is 11.5. The Morgan fingerprint density at radius 1 is 1.10 bits per heavy atom. The fourth-order valence-electron chi connectivity index (χ4n) is 1.77. The molecule has 2 rings (SSSR count). The van der Waals surface area contributed by atoms with E-state index in [-0.39, 0.29) is 12.2 Å².